The molecule has 1 aromatic rings. The molecule has 0 saturated carbocycles. The van der Waals surface area contributed by atoms with Crippen molar-refractivity contribution in [3.63, 3.8) is 0 Å². The average Bonchev–Trinajstić information content (AvgIpc) is 2.61. The van der Waals surface area contributed by atoms with E-state index in [9.17, 15) is 16.8 Å². The summed E-state index contributed by atoms with van der Waals surface area (Å²) in [7, 11) is -7.30. The van der Waals surface area contributed by atoms with E-state index in [1.165, 1.54) is 16.4 Å². The largest absolute Gasteiger partial charge is 0.492 e. The van der Waals surface area contributed by atoms with Gasteiger partial charge in [-0.15, -0.1) is 0 Å². The van der Waals surface area contributed by atoms with Crippen LogP contribution >= 0.6 is 0 Å². The van der Waals surface area contributed by atoms with E-state index >= 15 is 0 Å². The molecule has 1 aliphatic rings. The maximum absolute atomic E-state index is 12.8. The van der Waals surface area contributed by atoms with Gasteiger partial charge in [0.2, 0.25) is 20.0 Å². The van der Waals surface area contributed by atoms with Gasteiger partial charge in [-0.2, -0.15) is 0 Å². The first-order valence-corrected chi connectivity index (χ1v) is 12.6. The molecule has 0 bridgehead atoms. The Morgan fingerprint density at radius 2 is 2.00 bits per heavy atom. The Kier molecular flexibility index (Phi) is 8.11. The minimum Gasteiger partial charge on any atom is -0.492 e. The van der Waals surface area contributed by atoms with Gasteiger partial charge in [-0.3, -0.25) is 4.31 Å². The SMILES string of the molecule is CCOc1ccc(N2CCCCS2(=O)=O)cc1S(=O)(=O)NCCCOC(C)C. The number of ether oxygens (including phenoxy) is 2. The van der Waals surface area contributed by atoms with E-state index in [0.29, 0.717) is 38.3 Å². The van der Waals surface area contributed by atoms with Crippen LogP contribution in [0.4, 0.5) is 5.69 Å². The van der Waals surface area contributed by atoms with Crippen molar-refractivity contribution in [1.29, 1.82) is 0 Å². The molecule has 0 aliphatic carbocycles. The van der Waals surface area contributed by atoms with Crippen molar-refractivity contribution in [2.75, 3.05) is 36.4 Å². The maximum atomic E-state index is 12.8. The summed E-state index contributed by atoms with van der Waals surface area (Å²) < 4.78 is 65.1. The lowest BCUT2D eigenvalue weighted by molar-refractivity contribution is 0.0778. The molecule has 1 fully saturated rings. The Labute approximate surface area is 168 Å². The van der Waals surface area contributed by atoms with Gasteiger partial charge in [0.1, 0.15) is 10.6 Å². The van der Waals surface area contributed by atoms with Gasteiger partial charge in [0.05, 0.1) is 24.2 Å². The van der Waals surface area contributed by atoms with Gasteiger partial charge in [0, 0.05) is 19.7 Å². The Bertz CT molecular complexity index is 853. The van der Waals surface area contributed by atoms with Gasteiger partial charge in [-0.25, -0.2) is 21.6 Å². The van der Waals surface area contributed by atoms with Crippen LogP contribution in [-0.2, 0) is 24.8 Å². The van der Waals surface area contributed by atoms with E-state index in [1.54, 1.807) is 13.0 Å². The number of hydrogen-bond donors (Lipinski definition) is 1. The van der Waals surface area contributed by atoms with Crippen molar-refractivity contribution >= 4 is 25.7 Å². The minimum atomic E-state index is -3.86. The smallest absolute Gasteiger partial charge is 0.244 e. The van der Waals surface area contributed by atoms with Crippen LogP contribution in [0, 0.1) is 0 Å². The zero-order valence-electron chi connectivity index (χ0n) is 16.7. The van der Waals surface area contributed by atoms with E-state index < -0.39 is 20.0 Å². The van der Waals surface area contributed by atoms with E-state index in [2.05, 4.69) is 4.72 Å². The van der Waals surface area contributed by atoms with Crippen LogP contribution in [0.5, 0.6) is 5.75 Å². The molecule has 1 aromatic carbocycles. The molecule has 1 heterocycles. The summed E-state index contributed by atoms with van der Waals surface area (Å²) in [5.41, 5.74) is 0.340. The van der Waals surface area contributed by atoms with Crippen LogP contribution in [0.25, 0.3) is 0 Å². The van der Waals surface area contributed by atoms with Gasteiger partial charge in [0.15, 0.2) is 0 Å². The van der Waals surface area contributed by atoms with Crippen molar-refractivity contribution in [3.05, 3.63) is 18.2 Å². The van der Waals surface area contributed by atoms with E-state index in [1.807, 2.05) is 13.8 Å². The maximum Gasteiger partial charge on any atom is 0.244 e. The lowest BCUT2D eigenvalue weighted by Gasteiger charge is -2.28. The second-order valence-electron chi connectivity index (χ2n) is 6.83. The molecule has 0 amide bonds. The quantitative estimate of drug-likeness (QED) is 0.566. The van der Waals surface area contributed by atoms with Crippen LogP contribution in [0.1, 0.15) is 40.0 Å². The van der Waals surface area contributed by atoms with Crippen molar-refractivity contribution in [1.82, 2.24) is 4.72 Å². The number of benzene rings is 1. The molecule has 8 nitrogen and oxygen atoms in total. The van der Waals surface area contributed by atoms with Crippen molar-refractivity contribution in [3.8, 4) is 5.75 Å². The molecule has 1 saturated heterocycles. The van der Waals surface area contributed by atoms with Gasteiger partial charge in [-0.05, 0) is 58.2 Å². The minimum absolute atomic E-state index is 0.0580. The fraction of sp³-hybridized carbons (Fsp3) is 0.667. The van der Waals surface area contributed by atoms with Crippen molar-refractivity contribution in [2.45, 2.75) is 51.0 Å². The Morgan fingerprint density at radius 1 is 1.25 bits per heavy atom. The Hall–Kier alpha value is -1.36. The molecule has 1 aliphatic heterocycles. The first-order valence-electron chi connectivity index (χ1n) is 9.56. The first kappa shape index (κ1) is 22.9. The summed E-state index contributed by atoms with van der Waals surface area (Å²) in [5, 5.41) is 0. The Morgan fingerprint density at radius 3 is 2.64 bits per heavy atom. The summed E-state index contributed by atoms with van der Waals surface area (Å²) in [4.78, 5) is -0.0580. The first-order chi connectivity index (χ1) is 13.2. The summed E-state index contributed by atoms with van der Waals surface area (Å²) in [6.07, 6.45) is 1.97. The molecule has 0 aromatic heterocycles. The fourth-order valence-corrected chi connectivity index (χ4v) is 5.76. The predicted molar refractivity (Wildman–Crippen MR) is 109 cm³/mol. The van der Waals surface area contributed by atoms with E-state index in [0.717, 1.165) is 6.42 Å². The molecule has 28 heavy (non-hydrogen) atoms. The van der Waals surface area contributed by atoms with Gasteiger partial charge in [-0.1, -0.05) is 0 Å². The fourth-order valence-electron chi connectivity index (χ4n) is 2.89. The summed E-state index contributed by atoms with van der Waals surface area (Å²) in [6.45, 7) is 6.90. The van der Waals surface area contributed by atoms with Crippen LogP contribution < -0.4 is 13.8 Å². The van der Waals surface area contributed by atoms with E-state index in [4.69, 9.17) is 9.47 Å². The highest BCUT2D eigenvalue weighted by molar-refractivity contribution is 7.92. The lowest BCUT2D eigenvalue weighted by Crippen LogP contribution is -2.38. The average molecular weight is 435 g/mol. The molecule has 2 rings (SSSR count). The number of anilines is 1. The summed E-state index contributed by atoms with van der Waals surface area (Å²) in [6, 6.07) is 4.48. The van der Waals surface area contributed by atoms with Crippen LogP contribution in [0.15, 0.2) is 23.1 Å². The van der Waals surface area contributed by atoms with Gasteiger partial charge in [0.25, 0.3) is 0 Å². The third-order valence-corrected chi connectivity index (χ3v) is 7.57. The van der Waals surface area contributed by atoms with E-state index in [-0.39, 0.29) is 29.0 Å². The molecular formula is C18H30N2O6S2. The van der Waals surface area contributed by atoms with Crippen molar-refractivity contribution < 1.29 is 26.3 Å². The number of nitrogens with one attached hydrogen (secondary N) is 1. The molecule has 0 atom stereocenters. The molecule has 10 heteroatoms. The zero-order valence-corrected chi connectivity index (χ0v) is 18.3. The highest BCUT2D eigenvalue weighted by Gasteiger charge is 2.28. The monoisotopic (exact) mass is 434 g/mol. The second-order valence-corrected chi connectivity index (χ2v) is 10.6. The highest BCUT2D eigenvalue weighted by atomic mass is 32.2. The summed E-state index contributed by atoms with van der Waals surface area (Å²) >= 11 is 0. The zero-order chi connectivity index (χ0) is 20.8. The number of rotatable bonds is 10. The molecule has 0 spiro atoms. The van der Waals surface area contributed by atoms with Crippen LogP contribution in [0.2, 0.25) is 0 Å². The lowest BCUT2D eigenvalue weighted by atomic mass is 10.2. The molecule has 1 N–H and O–H groups in total. The highest BCUT2D eigenvalue weighted by Crippen LogP contribution is 2.32. The topological polar surface area (TPSA) is 102 Å². The Balaban J connectivity index is 2.24. The van der Waals surface area contributed by atoms with Crippen molar-refractivity contribution in [2.24, 2.45) is 0 Å². The van der Waals surface area contributed by atoms with Gasteiger partial charge >= 0.3 is 0 Å². The van der Waals surface area contributed by atoms with Crippen LogP contribution in [-0.4, -0.2) is 55.0 Å². The molecule has 0 radical (unpaired) electrons. The van der Waals surface area contributed by atoms with Crippen LogP contribution in [0.3, 0.4) is 0 Å². The normalized spacial score (nSPS) is 17.1. The molecular weight excluding hydrogens is 404 g/mol. The standard InChI is InChI=1S/C18H30N2O6S2/c1-4-25-17-9-8-16(20-11-5-6-13-27(20,21)22)14-18(17)28(23,24)19-10-7-12-26-15(2)3/h8-9,14-15,19H,4-7,10-13H2,1-3H3. The number of sulfonamides is 2. The number of hydrogen-bond acceptors (Lipinski definition) is 6. The molecule has 160 valence electrons. The number of nitrogens with zero attached hydrogens (tertiary/aromatic N) is 1. The van der Waals surface area contributed by atoms with Gasteiger partial charge < -0.3 is 9.47 Å². The molecule has 0 unspecified atom stereocenters. The predicted octanol–water partition coefficient (Wildman–Crippen LogP) is 2.11. The summed E-state index contributed by atoms with van der Waals surface area (Å²) in [5.74, 6) is 0.266. The third kappa shape index (κ3) is 6.07. The third-order valence-electron chi connectivity index (χ3n) is 4.22. The second kappa shape index (κ2) is 9.91.